The first kappa shape index (κ1) is 23.2. The van der Waals surface area contributed by atoms with Crippen molar-refractivity contribution in [2.45, 2.75) is 52.4 Å². The molecule has 0 amide bonds. The number of benzene rings is 2. The van der Waals surface area contributed by atoms with Crippen LogP contribution in [0.5, 0.6) is 5.75 Å². The second-order valence-electron chi connectivity index (χ2n) is 10.4. The third-order valence-electron chi connectivity index (χ3n) is 7.28. The molecule has 2 aromatic carbocycles. The van der Waals surface area contributed by atoms with E-state index in [4.69, 9.17) is 4.74 Å². The Morgan fingerprint density at radius 1 is 1.03 bits per heavy atom. The lowest BCUT2D eigenvalue weighted by Gasteiger charge is -2.32. The van der Waals surface area contributed by atoms with Gasteiger partial charge in [-0.05, 0) is 37.1 Å². The van der Waals surface area contributed by atoms with E-state index in [0.29, 0.717) is 32.0 Å². The fourth-order valence-corrected chi connectivity index (χ4v) is 5.64. The van der Waals surface area contributed by atoms with E-state index >= 15 is 0 Å². The van der Waals surface area contributed by atoms with Gasteiger partial charge in [-0.2, -0.15) is 13.2 Å². The number of alkyl halides is 3. The highest BCUT2D eigenvalue weighted by Crippen LogP contribution is 2.41. The quantitative estimate of drug-likeness (QED) is 0.272. The summed E-state index contributed by atoms with van der Waals surface area (Å²) >= 11 is 0. The van der Waals surface area contributed by atoms with Gasteiger partial charge in [0.15, 0.2) is 0 Å². The molecule has 1 N–H and O–H groups in total. The number of hydrogen-bond donors (Lipinski definition) is 1. The topological polar surface area (TPSA) is 45.6 Å². The van der Waals surface area contributed by atoms with Crippen molar-refractivity contribution in [2.24, 2.45) is 5.92 Å². The highest BCUT2D eigenvalue weighted by atomic mass is 19.4. The van der Waals surface area contributed by atoms with E-state index in [2.05, 4.69) is 40.6 Å². The number of nitrogens with one attached hydrogen (secondary N) is 1. The Kier molecular flexibility index (Phi) is 5.41. The Morgan fingerprint density at radius 2 is 1.83 bits per heavy atom. The normalized spacial score (nSPS) is 16.0. The number of H-pyrrole nitrogens is 1. The summed E-state index contributed by atoms with van der Waals surface area (Å²) in [4.78, 5) is 6.47. The molecule has 1 atom stereocenters. The number of pyridine rings is 1. The fraction of sp³-hybridized carbons (Fsp3) is 0.393. The maximum atomic E-state index is 13.2. The number of ether oxygens (including phenoxy) is 1. The summed E-state index contributed by atoms with van der Waals surface area (Å²) in [5, 5.41) is 7.88. The Bertz CT molecular complexity index is 1600. The maximum Gasteiger partial charge on any atom is 0.390 e. The molecule has 8 heteroatoms. The molecule has 0 saturated carbocycles. The second-order valence-corrected chi connectivity index (χ2v) is 10.4. The fourth-order valence-electron chi connectivity index (χ4n) is 5.64. The molecule has 5 aromatic rings. The van der Waals surface area contributed by atoms with E-state index in [-0.39, 0.29) is 0 Å². The van der Waals surface area contributed by atoms with E-state index < -0.39 is 18.6 Å². The number of fused-ring (bicyclic) bond motifs is 10. The van der Waals surface area contributed by atoms with Gasteiger partial charge in [0.05, 0.1) is 24.1 Å². The monoisotopic (exact) mass is 494 g/mol. The molecule has 1 aliphatic rings. The van der Waals surface area contributed by atoms with Crippen LogP contribution in [0.1, 0.15) is 38.4 Å². The van der Waals surface area contributed by atoms with Crippen LogP contribution in [-0.4, -0.2) is 44.9 Å². The van der Waals surface area contributed by atoms with Crippen molar-refractivity contribution >= 4 is 38.1 Å². The van der Waals surface area contributed by atoms with Gasteiger partial charge in [-0.3, -0.25) is 19.5 Å². The molecule has 5 nitrogen and oxygen atoms in total. The lowest BCUT2D eigenvalue weighted by Crippen LogP contribution is -2.39. The van der Waals surface area contributed by atoms with Crippen LogP contribution in [0.25, 0.3) is 38.1 Å². The molecule has 0 bridgehead atoms. The SMILES string of the molecule is CC(C)COc1cccc2c3c4ccnc4ccc3c3c4c([nH]n3c12)CCN(C(C)CC(F)(F)F)C4. The van der Waals surface area contributed by atoms with Gasteiger partial charge >= 0.3 is 6.18 Å². The number of aromatic amines is 1. The number of hydrogen-bond acceptors (Lipinski definition) is 3. The van der Waals surface area contributed by atoms with Gasteiger partial charge in [-0.15, -0.1) is 0 Å². The molecule has 0 aliphatic carbocycles. The molecular weight excluding hydrogens is 465 g/mol. The Balaban J connectivity index is 1.63. The van der Waals surface area contributed by atoms with Crippen LogP contribution in [-0.2, 0) is 13.0 Å². The molecule has 4 heterocycles. The number of para-hydroxylation sites is 1. The Hall–Kier alpha value is -3.26. The Morgan fingerprint density at radius 3 is 2.61 bits per heavy atom. The van der Waals surface area contributed by atoms with E-state index in [1.165, 1.54) is 0 Å². The van der Waals surface area contributed by atoms with E-state index in [9.17, 15) is 13.2 Å². The minimum Gasteiger partial charge on any atom is -0.491 e. The standard InChI is InChI=1S/C28H29F3N4O/c1-16(2)15-36-24-6-4-5-19-25-18-9-11-32-22(18)8-7-20(25)26-21-14-34(17(3)13-28(29,30)31)12-10-23(21)33-35(26)27(19)24/h4-9,11,16-17,33H,10,12-15H2,1-3H3. The van der Waals surface area contributed by atoms with Crippen LogP contribution in [0.4, 0.5) is 13.2 Å². The number of nitrogens with zero attached hydrogens (tertiary/aromatic N) is 3. The average molecular weight is 495 g/mol. The predicted molar refractivity (Wildman–Crippen MR) is 137 cm³/mol. The van der Waals surface area contributed by atoms with Crippen LogP contribution < -0.4 is 4.74 Å². The van der Waals surface area contributed by atoms with Gasteiger partial charge in [0, 0.05) is 64.6 Å². The van der Waals surface area contributed by atoms with Crippen molar-refractivity contribution in [1.82, 2.24) is 19.5 Å². The van der Waals surface area contributed by atoms with Gasteiger partial charge in [-0.25, -0.2) is 0 Å². The van der Waals surface area contributed by atoms with Crippen molar-refractivity contribution in [2.75, 3.05) is 13.2 Å². The zero-order chi connectivity index (χ0) is 25.2. The summed E-state index contributed by atoms with van der Waals surface area (Å²) in [5.41, 5.74) is 4.99. The molecule has 0 radical (unpaired) electrons. The van der Waals surface area contributed by atoms with Crippen molar-refractivity contribution < 1.29 is 17.9 Å². The number of halogens is 3. The van der Waals surface area contributed by atoms with Crippen LogP contribution in [0.3, 0.4) is 0 Å². The van der Waals surface area contributed by atoms with Crippen molar-refractivity contribution in [3.05, 3.63) is 53.9 Å². The molecule has 1 unspecified atom stereocenters. The van der Waals surface area contributed by atoms with Crippen LogP contribution in [0, 0.1) is 5.92 Å². The molecule has 6 rings (SSSR count). The molecule has 0 fully saturated rings. The zero-order valence-electron chi connectivity index (χ0n) is 20.6. The Labute approximate surface area is 206 Å². The number of aromatic nitrogens is 3. The van der Waals surface area contributed by atoms with E-state index in [0.717, 1.165) is 55.1 Å². The van der Waals surface area contributed by atoms with Gasteiger partial charge in [0.1, 0.15) is 11.3 Å². The van der Waals surface area contributed by atoms with E-state index in [1.807, 2.05) is 35.4 Å². The summed E-state index contributed by atoms with van der Waals surface area (Å²) in [5.74, 6) is 1.16. The van der Waals surface area contributed by atoms with Gasteiger partial charge in [-0.1, -0.05) is 26.0 Å². The third-order valence-corrected chi connectivity index (χ3v) is 7.28. The summed E-state index contributed by atoms with van der Waals surface area (Å²) in [6.45, 7) is 7.54. The summed E-state index contributed by atoms with van der Waals surface area (Å²) in [6, 6.07) is 11.7. The minimum absolute atomic E-state index is 0.368. The smallest absolute Gasteiger partial charge is 0.390 e. The van der Waals surface area contributed by atoms with Gasteiger partial charge in [0.2, 0.25) is 0 Å². The summed E-state index contributed by atoms with van der Waals surface area (Å²) < 4.78 is 47.9. The lowest BCUT2D eigenvalue weighted by molar-refractivity contribution is -0.146. The van der Waals surface area contributed by atoms with Gasteiger partial charge < -0.3 is 4.74 Å². The first-order chi connectivity index (χ1) is 17.2. The average Bonchev–Trinajstić information content (AvgIpc) is 3.45. The third kappa shape index (κ3) is 3.79. The predicted octanol–water partition coefficient (Wildman–Crippen LogP) is 6.86. The molecule has 3 aromatic heterocycles. The van der Waals surface area contributed by atoms with Crippen molar-refractivity contribution in [3.8, 4) is 5.75 Å². The van der Waals surface area contributed by atoms with Crippen molar-refractivity contribution in [1.29, 1.82) is 0 Å². The number of rotatable bonds is 5. The lowest BCUT2D eigenvalue weighted by atomic mass is 9.97. The molecule has 0 saturated heterocycles. The maximum absolute atomic E-state index is 13.2. The first-order valence-electron chi connectivity index (χ1n) is 12.5. The molecule has 0 spiro atoms. The highest BCUT2D eigenvalue weighted by molar-refractivity contribution is 6.24. The van der Waals surface area contributed by atoms with Crippen LogP contribution >= 0.6 is 0 Å². The van der Waals surface area contributed by atoms with Crippen molar-refractivity contribution in [3.63, 3.8) is 0 Å². The first-order valence-corrected chi connectivity index (χ1v) is 12.5. The highest BCUT2D eigenvalue weighted by Gasteiger charge is 2.34. The summed E-state index contributed by atoms with van der Waals surface area (Å²) in [6.07, 6.45) is -2.51. The minimum atomic E-state index is -4.18. The largest absolute Gasteiger partial charge is 0.491 e. The van der Waals surface area contributed by atoms with Crippen LogP contribution in [0.2, 0.25) is 0 Å². The zero-order valence-corrected chi connectivity index (χ0v) is 20.6. The second kappa shape index (κ2) is 8.40. The summed E-state index contributed by atoms with van der Waals surface area (Å²) in [7, 11) is 0. The van der Waals surface area contributed by atoms with Crippen LogP contribution in [0.15, 0.2) is 42.6 Å². The van der Waals surface area contributed by atoms with E-state index in [1.54, 1.807) is 6.92 Å². The van der Waals surface area contributed by atoms with Gasteiger partial charge in [0.25, 0.3) is 0 Å². The molecular formula is C28H29F3N4O. The molecule has 1 aliphatic heterocycles. The molecule has 36 heavy (non-hydrogen) atoms. The molecule has 188 valence electrons.